The summed E-state index contributed by atoms with van der Waals surface area (Å²) >= 11 is 0. The molecule has 3 aliphatic heterocycles. The first kappa shape index (κ1) is 30.6. The van der Waals surface area contributed by atoms with Gasteiger partial charge in [-0.25, -0.2) is 14.0 Å². The summed E-state index contributed by atoms with van der Waals surface area (Å²) < 4.78 is 19.2. The predicted octanol–water partition coefficient (Wildman–Crippen LogP) is 1.75. The van der Waals surface area contributed by atoms with Crippen LogP contribution in [0.15, 0.2) is 30.4 Å². The van der Waals surface area contributed by atoms with E-state index in [1.54, 1.807) is 17.0 Å². The minimum atomic E-state index is -1.26. The molecule has 1 saturated heterocycles. The van der Waals surface area contributed by atoms with E-state index in [0.29, 0.717) is 73.0 Å². The minimum Gasteiger partial charge on any atom is -0.478 e. The zero-order valence-corrected chi connectivity index (χ0v) is 23.1. The van der Waals surface area contributed by atoms with E-state index in [1.807, 2.05) is 6.92 Å². The van der Waals surface area contributed by atoms with E-state index in [9.17, 15) is 28.7 Å². The topological polar surface area (TPSA) is 172 Å². The van der Waals surface area contributed by atoms with Crippen LogP contribution in [0.5, 0.6) is 0 Å². The molecular weight excluding hydrogens is 551 g/mol. The average molecular weight is 585 g/mol. The summed E-state index contributed by atoms with van der Waals surface area (Å²) in [6.45, 7) is 6.10. The average Bonchev–Trinajstić information content (AvgIpc) is 3.36. The molecule has 0 saturated carbocycles. The fourth-order valence-electron chi connectivity index (χ4n) is 5.17. The number of fused-ring (bicyclic) bond motifs is 2. The number of aromatic amines is 1. The van der Waals surface area contributed by atoms with E-state index in [4.69, 9.17) is 14.9 Å². The van der Waals surface area contributed by atoms with Crippen LogP contribution >= 0.6 is 0 Å². The van der Waals surface area contributed by atoms with Gasteiger partial charge in [0.2, 0.25) is 0 Å². The third-order valence-electron chi connectivity index (χ3n) is 7.15. The van der Waals surface area contributed by atoms with Crippen molar-refractivity contribution in [3.8, 4) is 0 Å². The number of benzene rings is 1. The van der Waals surface area contributed by atoms with Gasteiger partial charge in [0, 0.05) is 67.5 Å². The molecule has 1 fully saturated rings. The molecule has 13 heteroatoms. The van der Waals surface area contributed by atoms with E-state index >= 15 is 0 Å². The summed E-state index contributed by atoms with van der Waals surface area (Å²) in [7, 11) is 0. The molecule has 4 heterocycles. The summed E-state index contributed by atoms with van der Waals surface area (Å²) in [6, 6.07) is 4.19. The lowest BCUT2D eigenvalue weighted by atomic mass is 10.0. The number of aliphatic carboxylic acids is 2. The van der Waals surface area contributed by atoms with Gasteiger partial charge in [-0.3, -0.25) is 14.5 Å². The molecule has 224 valence electrons. The lowest BCUT2D eigenvalue weighted by molar-refractivity contribution is -0.134. The van der Waals surface area contributed by atoms with Crippen molar-refractivity contribution in [1.29, 1.82) is 0 Å². The van der Waals surface area contributed by atoms with Crippen molar-refractivity contribution < 1.29 is 43.6 Å². The Bertz CT molecular complexity index is 1410. The van der Waals surface area contributed by atoms with Crippen molar-refractivity contribution in [2.75, 3.05) is 51.3 Å². The number of aryl methyl sites for hydroxylation is 1. The number of halogens is 1. The van der Waals surface area contributed by atoms with E-state index < -0.39 is 23.9 Å². The molecular formula is C29H33FN4O8. The third kappa shape index (κ3) is 7.49. The number of nitrogens with one attached hydrogen (secondary N) is 2. The van der Waals surface area contributed by atoms with Crippen LogP contribution in [0.3, 0.4) is 0 Å². The van der Waals surface area contributed by atoms with Gasteiger partial charge >= 0.3 is 11.9 Å². The Hall–Kier alpha value is -4.33. The van der Waals surface area contributed by atoms with E-state index in [-0.39, 0.29) is 18.4 Å². The number of β-amino-alcohol motifs (C(OH)–C–C–N with tert-alkyl or cyclic N) is 1. The van der Waals surface area contributed by atoms with Gasteiger partial charge < -0.3 is 35.3 Å². The first-order valence-corrected chi connectivity index (χ1v) is 13.5. The Kier molecular flexibility index (Phi) is 9.88. The maximum Gasteiger partial charge on any atom is 0.328 e. The second-order valence-electron chi connectivity index (χ2n) is 10.2. The molecule has 42 heavy (non-hydrogen) atoms. The van der Waals surface area contributed by atoms with Gasteiger partial charge in [0.1, 0.15) is 5.82 Å². The number of carboxylic acids is 2. The van der Waals surface area contributed by atoms with Crippen molar-refractivity contribution in [3.63, 3.8) is 0 Å². The first-order valence-electron chi connectivity index (χ1n) is 13.5. The zero-order valence-electron chi connectivity index (χ0n) is 23.1. The standard InChI is InChI=1S/C25H29FN4O4.C4H4O4/c1-15-22(12-19-18-11-16(26)4-5-20(18)28-24(19)32)27-21-3-2-6-30(25(33)23(15)21)14-17(31)13-29-7-9-34-10-8-29;5-3(6)1-2-4(7)8/h4-5,11-12,17,27,31H,2-3,6-10,13-14H2,1H3,(H,28,32);1-2H,(H,5,6)(H,7,8). The second kappa shape index (κ2) is 13.6. The number of aromatic nitrogens is 1. The van der Waals surface area contributed by atoms with Crippen LogP contribution in [-0.2, 0) is 25.5 Å². The van der Waals surface area contributed by atoms with Crippen molar-refractivity contribution in [1.82, 2.24) is 14.8 Å². The molecule has 5 rings (SSSR count). The van der Waals surface area contributed by atoms with Crippen LogP contribution in [0.25, 0.3) is 11.6 Å². The maximum absolute atomic E-state index is 13.8. The van der Waals surface area contributed by atoms with Gasteiger partial charge in [-0.05, 0) is 49.6 Å². The van der Waals surface area contributed by atoms with Gasteiger partial charge in [-0.15, -0.1) is 0 Å². The van der Waals surface area contributed by atoms with Crippen LogP contribution in [0.1, 0.15) is 39.3 Å². The first-order chi connectivity index (χ1) is 20.0. The Morgan fingerprint density at radius 3 is 2.45 bits per heavy atom. The largest absolute Gasteiger partial charge is 0.478 e. The molecule has 2 amide bonds. The van der Waals surface area contributed by atoms with Crippen molar-refractivity contribution in [2.45, 2.75) is 25.9 Å². The van der Waals surface area contributed by atoms with Crippen molar-refractivity contribution >= 4 is 41.1 Å². The maximum atomic E-state index is 13.8. The number of hydrogen-bond acceptors (Lipinski definition) is 7. The highest BCUT2D eigenvalue weighted by molar-refractivity contribution is 6.34. The molecule has 5 N–H and O–H groups in total. The van der Waals surface area contributed by atoms with Crippen LogP contribution in [-0.4, -0.2) is 106 Å². The van der Waals surface area contributed by atoms with Gasteiger partial charge in [-0.2, -0.15) is 0 Å². The van der Waals surface area contributed by atoms with Crippen molar-refractivity contribution in [2.24, 2.45) is 0 Å². The summed E-state index contributed by atoms with van der Waals surface area (Å²) in [5.74, 6) is -3.35. The number of carboxylic acid groups (broad SMARTS) is 2. The van der Waals surface area contributed by atoms with Gasteiger partial charge in [0.15, 0.2) is 0 Å². The number of amides is 2. The van der Waals surface area contributed by atoms with Crippen LogP contribution in [0.2, 0.25) is 0 Å². The minimum absolute atomic E-state index is 0.116. The quantitative estimate of drug-likeness (QED) is 0.304. The summed E-state index contributed by atoms with van der Waals surface area (Å²) in [6.07, 6.45) is 3.63. The number of aliphatic hydroxyl groups is 1. The molecule has 0 spiro atoms. The highest BCUT2D eigenvalue weighted by Crippen LogP contribution is 2.35. The second-order valence-corrected chi connectivity index (χ2v) is 10.2. The SMILES string of the molecule is Cc1c(C=C2C(=O)Nc3ccc(F)cc32)[nH]c2c1C(=O)N(CC(O)CN1CCOCC1)CCC2.O=C(O)C=CC(=O)O. The van der Waals surface area contributed by atoms with Gasteiger partial charge in [-0.1, -0.05) is 0 Å². The normalized spacial score (nSPS) is 18.6. The highest BCUT2D eigenvalue weighted by atomic mass is 19.1. The molecule has 1 atom stereocenters. The number of carbonyl (C=O) groups is 4. The number of rotatable bonds is 7. The van der Waals surface area contributed by atoms with E-state index in [0.717, 1.165) is 30.8 Å². The molecule has 1 aromatic heterocycles. The number of hydrogen-bond donors (Lipinski definition) is 5. The monoisotopic (exact) mass is 584 g/mol. The molecule has 2 aromatic rings. The Morgan fingerprint density at radius 2 is 1.79 bits per heavy atom. The number of carbonyl (C=O) groups excluding carboxylic acids is 2. The lowest BCUT2D eigenvalue weighted by Gasteiger charge is -2.31. The molecule has 0 aliphatic carbocycles. The van der Waals surface area contributed by atoms with E-state index in [2.05, 4.69) is 15.2 Å². The number of anilines is 1. The number of H-pyrrole nitrogens is 1. The number of ether oxygens (including phenoxy) is 1. The highest BCUT2D eigenvalue weighted by Gasteiger charge is 2.30. The Morgan fingerprint density at radius 1 is 1.10 bits per heavy atom. The summed E-state index contributed by atoms with van der Waals surface area (Å²) in [5.41, 5.74) is 4.28. The predicted molar refractivity (Wildman–Crippen MR) is 150 cm³/mol. The Balaban J connectivity index is 0.000000446. The summed E-state index contributed by atoms with van der Waals surface area (Å²) in [4.78, 5) is 52.3. The fourth-order valence-corrected chi connectivity index (χ4v) is 5.17. The molecule has 0 bridgehead atoms. The molecule has 3 aliphatic rings. The number of aliphatic hydroxyl groups excluding tert-OH is 1. The van der Waals surface area contributed by atoms with Crippen LogP contribution < -0.4 is 5.32 Å². The van der Waals surface area contributed by atoms with Gasteiger partial charge in [0.05, 0.1) is 30.5 Å². The number of morpholine rings is 1. The smallest absolute Gasteiger partial charge is 0.328 e. The van der Waals surface area contributed by atoms with Gasteiger partial charge in [0.25, 0.3) is 11.8 Å². The molecule has 1 unspecified atom stereocenters. The van der Waals surface area contributed by atoms with Crippen LogP contribution in [0, 0.1) is 12.7 Å². The zero-order chi connectivity index (χ0) is 30.4. The fraction of sp³-hybridized carbons (Fsp3) is 0.379. The Labute approximate surface area is 241 Å². The van der Waals surface area contributed by atoms with E-state index in [1.165, 1.54) is 12.1 Å². The number of nitrogens with zero attached hydrogens (tertiary/aromatic N) is 2. The summed E-state index contributed by atoms with van der Waals surface area (Å²) in [5, 5.41) is 29.0. The molecule has 1 aromatic carbocycles. The lowest BCUT2D eigenvalue weighted by Crippen LogP contribution is -2.46. The van der Waals surface area contributed by atoms with Crippen molar-refractivity contribution in [3.05, 3.63) is 64.2 Å². The molecule has 0 radical (unpaired) electrons. The van der Waals surface area contributed by atoms with Crippen LogP contribution in [0.4, 0.5) is 10.1 Å². The molecule has 12 nitrogen and oxygen atoms in total. The third-order valence-corrected chi connectivity index (χ3v) is 7.15.